The van der Waals surface area contributed by atoms with E-state index in [9.17, 15) is 19.1 Å². The summed E-state index contributed by atoms with van der Waals surface area (Å²) in [5.41, 5.74) is 1.35. The molecule has 4 aromatic rings. The number of Topliss-reactive ketones (excluding diaryl/α,β-unsaturated/α-hetero) is 1. The molecule has 0 saturated carbocycles. The molecule has 1 aromatic heterocycles. The summed E-state index contributed by atoms with van der Waals surface area (Å²) in [6.07, 6.45) is 0. The van der Waals surface area contributed by atoms with Gasteiger partial charge >= 0.3 is 5.91 Å². The second-order valence-corrected chi connectivity index (χ2v) is 9.25. The Kier molecular flexibility index (Phi) is 6.62. The molecule has 0 radical (unpaired) electrons. The molecule has 1 amide bonds. The molecule has 2 heterocycles. The van der Waals surface area contributed by atoms with Crippen molar-refractivity contribution in [2.45, 2.75) is 19.9 Å². The number of aliphatic hydroxyl groups is 1. The summed E-state index contributed by atoms with van der Waals surface area (Å²) in [6, 6.07) is 16.5. The lowest BCUT2D eigenvalue weighted by Gasteiger charge is -2.23. The summed E-state index contributed by atoms with van der Waals surface area (Å²) in [6.45, 7) is 4.75. The minimum Gasteiger partial charge on any atom is -0.507 e. The third-order valence-electron chi connectivity index (χ3n) is 5.93. The standard InChI is InChI=1S/C28H23FN2O5S/c1-3-35-19-11-7-16(8-12-19)24-23(25(32)17-5-9-18(29)10-6-17)26(33)27(34)31(24)28-30-21-14-13-20(36-4-2)15-22(21)37-28/h5-15,24,32H,3-4H2,1-2H3. The van der Waals surface area contributed by atoms with Gasteiger partial charge in [-0.05, 0) is 74.0 Å². The zero-order chi connectivity index (χ0) is 26.1. The van der Waals surface area contributed by atoms with Gasteiger partial charge in [-0.25, -0.2) is 9.37 Å². The van der Waals surface area contributed by atoms with Crippen molar-refractivity contribution in [3.63, 3.8) is 0 Å². The predicted molar refractivity (Wildman–Crippen MR) is 140 cm³/mol. The Hall–Kier alpha value is -4.24. The fourth-order valence-corrected chi connectivity index (χ4v) is 5.29. The molecule has 1 N–H and O–H groups in total. The third kappa shape index (κ3) is 4.53. The van der Waals surface area contributed by atoms with Crippen LogP contribution in [0.2, 0.25) is 0 Å². The molecule has 1 saturated heterocycles. The van der Waals surface area contributed by atoms with Crippen LogP contribution in [0.5, 0.6) is 11.5 Å². The molecule has 37 heavy (non-hydrogen) atoms. The number of hydrogen-bond acceptors (Lipinski definition) is 7. The lowest BCUT2D eigenvalue weighted by Crippen LogP contribution is -2.29. The first-order valence-corrected chi connectivity index (χ1v) is 12.6. The van der Waals surface area contributed by atoms with Crippen LogP contribution in [0, 0.1) is 5.82 Å². The average molecular weight is 519 g/mol. The van der Waals surface area contributed by atoms with Crippen molar-refractivity contribution in [3.05, 3.63) is 89.2 Å². The van der Waals surface area contributed by atoms with Gasteiger partial charge in [-0.2, -0.15) is 0 Å². The molecule has 1 aliphatic heterocycles. The van der Waals surface area contributed by atoms with Gasteiger partial charge in [-0.15, -0.1) is 0 Å². The minimum absolute atomic E-state index is 0.102. The SMILES string of the molecule is CCOc1ccc(C2C(=C(O)c3ccc(F)cc3)C(=O)C(=O)N2c2nc3ccc(OCC)cc3s2)cc1. The number of carbonyl (C=O) groups is 2. The first-order chi connectivity index (χ1) is 17.9. The number of thiazole rings is 1. The lowest BCUT2D eigenvalue weighted by atomic mass is 9.95. The van der Waals surface area contributed by atoms with Crippen LogP contribution in [0.25, 0.3) is 16.0 Å². The van der Waals surface area contributed by atoms with Crippen LogP contribution in [0.15, 0.2) is 72.3 Å². The Morgan fingerprint density at radius 1 is 0.973 bits per heavy atom. The smallest absolute Gasteiger partial charge is 0.301 e. The van der Waals surface area contributed by atoms with Crippen LogP contribution >= 0.6 is 11.3 Å². The maximum Gasteiger partial charge on any atom is 0.301 e. The van der Waals surface area contributed by atoms with Crippen molar-refractivity contribution < 1.29 is 28.6 Å². The molecule has 1 fully saturated rings. The number of ketones is 1. The van der Waals surface area contributed by atoms with Gasteiger partial charge in [0, 0.05) is 5.56 Å². The molecule has 0 spiro atoms. The monoisotopic (exact) mass is 518 g/mol. The number of aliphatic hydroxyl groups excluding tert-OH is 1. The Labute approximate surface area is 216 Å². The van der Waals surface area contributed by atoms with E-state index >= 15 is 0 Å². The van der Waals surface area contributed by atoms with Crippen molar-refractivity contribution in [2.24, 2.45) is 0 Å². The van der Waals surface area contributed by atoms with Crippen LogP contribution in [-0.2, 0) is 9.59 Å². The quantitative estimate of drug-likeness (QED) is 0.187. The van der Waals surface area contributed by atoms with Crippen molar-refractivity contribution in [1.82, 2.24) is 4.98 Å². The summed E-state index contributed by atoms with van der Waals surface area (Å²) in [5, 5.41) is 11.5. The zero-order valence-corrected chi connectivity index (χ0v) is 20.9. The van der Waals surface area contributed by atoms with E-state index in [1.807, 2.05) is 19.9 Å². The average Bonchev–Trinajstić information content (AvgIpc) is 3.43. The number of carbonyl (C=O) groups excluding carboxylic acids is 2. The molecule has 1 unspecified atom stereocenters. The summed E-state index contributed by atoms with van der Waals surface area (Å²) >= 11 is 1.24. The zero-order valence-electron chi connectivity index (χ0n) is 20.1. The molecule has 0 bridgehead atoms. The van der Waals surface area contributed by atoms with E-state index in [1.165, 1.54) is 40.5 Å². The maximum absolute atomic E-state index is 13.5. The Morgan fingerprint density at radius 2 is 1.62 bits per heavy atom. The number of ether oxygens (including phenoxy) is 2. The molecule has 9 heteroatoms. The second-order valence-electron chi connectivity index (χ2n) is 8.24. The van der Waals surface area contributed by atoms with Crippen LogP contribution in [0.4, 0.5) is 9.52 Å². The predicted octanol–water partition coefficient (Wildman–Crippen LogP) is 5.86. The number of aromatic nitrogens is 1. The van der Waals surface area contributed by atoms with Crippen molar-refractivity contribution in [3.8, 4) is 11.5 Å². The van der Waals surface area contributed by atoms with Crippen LogP contribution in [-0.4, -0.2) is 35.0 Å². The van der Waals surface area contributed by atoms with Gasteiger partial charge in [-0.3, -0.25) is 14.5 Å². The Morgan fingerprint density at radius 3 is 2.30 bits per heavy atom. The molecule has 188 valence electrons. The number of benzene rings is 3. The van der Waals surface area contributed by atoms with Crippen LogP contribution in [0.3, 0.4) is 0 Å². The first-order valence-electron chi connectivity index (χ1n) is 11.7. The number of rotatable bonds is 7. The molecule has 1 atom stereocenters. The van der Waals surface area contributed by atoms with E-state index in [4.69, 9.17) is 9.47 Å². The van der Waals surface area contributed by atoms with E-state index in [0.717, 1.165) is 4.70 Å². The highest BCUT2D eigenvalue weighted by molar-refractivity contribution is 7.22. The number of nitrogens with zero attached hydrogens (tertiary/aromatic N) is 2. The van der Waals surface area contributed by atoms with E-state index in [1.54, 1.807) is 36.4 Å². The topological polar surface area (TPSA) is 89.0 Å². The second kappa shape index (κ2) is 10.0. The molecule has 3 aromatic carbocycles. The fourth-order valence-electron chi connectivity index (χ4n) is 4.27. The van der Waals surface area contributed by atoms with Gasteiger partial charge in [0.2, 0.25) is 0 Å². The first kappa shape index (κ1) is 24.5. The fraction of sp³-hybridized carbons (Fsp3) is 0.179. The minimum atomic E-state index is -0.951. The third-order valence-corrected chi connectivity index (χ3v) is 6.95. The number of amides is 1. The highest BCUT2D eigenvalue weighted by atomic mass is 32.1. The Bertz CT molecular complexity index is 1510. The van der Waals surface area contributed by atoms with E-state index in [0.29, 0.717) is 40.9 Å². The van der Waals surface area contributed by atoms with Gasteiger partial charge in [0.25, 0.3) is 5.78 Å². The van der Waals surface area contributed by atoms with Gasteiger partial charge in [0.15, 0.2) is 5.13 Å². The van der Waals surface area contributed by atoms with E-state index in [2.05, 4.69) is 4.98 Å². The number of anilines is 1. The molecular formula is C28H23FN2O5S. The van der Waals surface area contributed by atoms with Crippen molar-refractivity contribution >= 4 is 44.1 Å². The maximum atomic E-state index is 13.5. The Balaban J connectivity index is 1.67. The summed E-state index contributed by atoms with van der Waals surface area (Å²) in [4.78, 5) is 32.6. The van der Waals surface area contributed by atoms with Gasteiger partial charge in [0.05, 0.1) is 35.0 Å². The van der Waals surface area contributed by atoms with Crippen LogP contribution < -0.4 is 14.4 Å². The van der Waals surface area contributed by atoms with Crippen LogP contribution in [0.1, 0.15) is 31.0 Å². The summed E-state index contributed by atoms with van der Waals surface area (Å²) < 4.78 is 25.4. The summed E-state index contributed by atoms with van der Waals surface area (Å²) in [7, 11) is 0. The van der Waals surface area contributed by atoms with Gasteiger partial charge in [0.1, 0.15) is 23.1 Å². The van der Waals surface area contributed by atoms with Crippen molar-refractivity contribution in [1.29, 1.82) is 0 Å². The molecule has 7 nitrogen and oxygen atoms in total. The largest absolute Gasteiger partial charge is 0.507 e. The van der Waals surface area contributed by atoms with Crippen molar-refractivity contribution in [2.75, 3.05) is 18.1 Å². The lowest BCUT2D eigenvalue weighted by molar-refractivity contribution is -0.132. The molecule has 5 rings (SSSR count). The number of fused-ring (bicyclic) bond motifs is 1. The number of halogens is 1. The van der Waals surface area contributed by atoms with E-state index < -0.39 is 23.5 Å². The number of hydrogen-bond donors (Lipinski definition) is 1. The summed E-state index contributed by atoms with van der Waals surface area (Å²) in [5.74, 6) is -1.24. The highest BCUT2D eigenvalue weighted by Crippen LogP contribution is 2.44. The van der Waals surface area contributed by atoms with Gasteiger partial charge in [-0.1, -0.05) is 23.5 Å². The normalized spacial score (nSPS) is 16.9. The molecule has 1 aliphatic rings. The van der Waals surface area contributed by atoms with Gasteiger partial charge < -0.3 is 14.6 Å². The van der Waals surface area contributed by atoms with E-state index in [-0.39, 0.29) is 16.9 Å². The molecule has 0 aliphatic carbocycles. The highest BCUT2D eigenvalue weighted by Gasteiger charge is 2.48. The molecular weight excluding hydrogens is 495 g/mol.